The number of rotatable bonds is 3. The van der Waals surface area contributed by atoms with Gasteiger partial charge < -0.3 is 9.64 Å². The number of thioether (sulfide) groups is 1. The van der Waals surface area contributed by atoms with Crippen molar-refractivity contribution < 1.29 is 4.74 Å². The van der Waals surface area contributed by atoms with E-state index >= 15 is 0 Å². The van der Waals surface area contributed by atoms with Crippen LogP contribution in [-0.4, -0.2) is 41.0 Å². The number of hydrogen-bond donors (Lipinski definition) is 0. The monoisotopic (exact) mass is 253 g/mol. The molecule has 0 bridgehead atoms. The second kappa shape index (κ2) is 5.69. The molecule has 5 heteroatoms. The van der Waals surface area contributed by atoms with E-state index in [0.29, 0.717) is 0 Å². The molecule has 0 spiro atoms. The number of anilines is 1. The van der Waals surface area contributed by atoms with Crippen molar-refractivity contribution in [2.24, 2.45) is 0 Å². The number of aromatic nitrogens is 2. The number of hydrogen-bond acceptors (Lipinski definition) is 5. The van der Waals surface area contributed by atoms with Crippen LogP contribution < -0.4 is 4.90 Å². The smallest absolute Gasteiger partial charge is 0.148 e. The van der Waals surface area contributed by atoms with Crippen LogP contribution in [0.25, 0.3) is 0 Å². The molecule has 0 unspecified atom stereocenters. The Morgan fingerprint density at radius 2 is 2.06 bits per heavy atom. The molecule has 2 atom stereocenters. The highest BCUT2D eigenvalue weighted by Crippen LogP contribution is 2.21. The zero-order valence-electron chi connectivity index (χ0n) is 10.6. The lowest BCUT2D eigenvalue weighted by Gasteiger charge is -2.35. The topological polar surface area (TPSA) is 38.2 Å². The molecule has 2 heterocycles. The van der Waals surface area contributed by atoms with Crippen molar-refractivity contribution >= 4 is 17.6 Å². The predicted octanol–water partition coefficient (Wildman–Crippen LogP) is 2.20. The normalized spacial score (nSPS) is 25.0. The van der Waals surface area contributed by atoms with E-state index < -0.39 is 0 Å². The van der Waals surface area contributed by atoms with E-state index in [1.54, 1.807) is 11.8 Å². The van der Waals surface area contributed by atoms with E-state index in [1.165, 1.54) is 0 Å². The Kier molecular flexibility index (Phi) is 4.23. The van der Waals surface area contributed by atoms with Gasteiger partial charge >= 0.3 is 0 Å². The van der Waals surface area contributed by atoms with Gasteiger partial charge in [-0.2, -0.15) is 0 Å². The molecule has 2 rings (SSSR count). The fraction of sp³-hybridized carbons (Fsp3) is 0.667. The van der Waals surface area contributed by atoms with E-state index in [0.717, 1.165) is 29.7 Å². The summed E-state index contributed by atoms with van der Waals surface area (Å²) in [4.78, 5) is 11.1. The molecule has 1 saturated heterocycles. The molecule has 1 aromatic heterocycles. The van der Waals surface area contributed by atoms with E-state index in [9.17, 15) is 0 Å². The molecule has 0 radical (unpaired) electrons. The number of morpholine rings is 1. The van der Waals surface area contributed by atoms with Gasteiger partial charge in [0.05, 0.1) is 24.6 Å². The summed E-state index contributed by atoms with van der Waals surface area (Å²) < 4.78 is 5.72. The molecule has 1 aliphatic heterocycles. The zero-order chi connectivity index (χ0) is 12.3. The zero-order valence-corrected chi connectivity index (χ0v) is 11.4. The van der Waals surface area contributed by atoms with Crippen LogP contribution in [0.2, 0.25) is 0 Å². The van der Waals surface area contributed by atoms with Crippen LogP contribution in [-0.2, 0) is 4.74 Å². The van der Waals surface area contributed by atoms with Crippen LogP contribution in [0.5, 0.6) is 0 Å². The van der Waals surface area contributed by atoms with Gasteiger partial charge in [-0.25, -0.2) is 4.98 Å². The molecule has 0 aliphatic carbocycles. The largest absolute Gasteiger partial charge is 0.372 e. The van der Waals surface area contributed by atoms with Gasteiger partial charge in [0.2, 0.25) is 0 Å². The maximum atomic E-state index is 5.72. The van der Waals surface area contributed by atoms with Crippen LogP contribution in [0.15, 0.2) is 17.4 Å². The SMILES string of the molecule is CCSc1cncc(N2C[C@@H](C)O[C@@H](C)C2)n1. The summed E-state index contributed by atoms with van der Waals surface area (Å²) in [6.07, 6.45) is 4.17. The van der Waals surface area contributed by atoms with Crippen LogP contribution in [0.4, 0.5) is 5.82 Å². The number of nitrogens with zero attached hydrogens (tertiary/aromatic N) is 3. The third-order valence-corrected chi connectivity index (χ3v) is 3.42. The maximum absolute atomic E-state index is 5.72. The van der Waals surface area contributed by atoms with Gasteiger partial charge in [0.1, 0.15) is 10.8 Å². The summed E-state index contributed by atoms with van der Waals surface area (Å²) in [7, 11) is 0. The van der Waals surface area contributed by atoms with Crippen molar-refractivity contribution in [1.82, 2.24) is 9.97 Å². The summed E-state index contributed by atoms with van der Waals surface area (Å²) >= 11 is 1.72. The van der Waals surface area contributed by atoms with E-state index in [1.807, 2.05) is 12.4 Å². The van der Waals surface area contributed by atoms with Gasteiger partial charge in [0.15, 0.2) is 0 Å². The highest BCUT2D eigenvalue weighted by atomic mass is 32.2. The predicted molar refractivity (Wildman–Crippen MR) is 70.7 cm³/mol. The lowest BCUT2D eigenvalue weighted by Crippen LogP contribution is -2.45. The second-order valence-corrected chi connectivity index (χ2v) is 5.60. The molecule has 0 aromatic carbocycles. The van der Waals surface area contributed by atoms with Crippen molar-refractivity contribution in [1.29, 1.82) is 0 Å². The molecule has 0 amide bonds. The lowest BCUT2D eigenvalue weighted by atomic mass is 10.2. The molecule has 0 saturated carbocycles. The summed E-state index contributed by atoms with van der Waals surface area (Å²) in [6.45, 7) is 8.10. The molecule has 0 N–H and O–H groups in total. The Bertz CT molecular complexity index is 365. The number of ether oxygens (including phenoxy) is 1. The minimum absolute atomic E-state index is 0.253. The Morgan fingerprint density at radius 3 is 2.71 bits per heavy atom. The van der Waals surface area contributed by atoms with Crippen molar-refractivity contribution in [2.75, 3.05) is 23.7 Å². The fourth-order valence-electron chi connectivity index (χ4n) is 2.07. The van der Waals surface area contributed by atoms with Crippen LogP contribution in [0.1, 0.15) is 20.8 Å². The first kappa shape index (κ1) is 12.6. The molecule has 17 heavy (non-hydrogen) atoms. The molecule has 1 aliphatic rings. The molecule has 4 nitrogen and oxygen atoms in total. The van der Waals surface area contributed by atoms with Crippen molar-refractivity contribution in [3.8, 4) is 0 Å². The first-order valence-corrected chi connectivity index (χ1v) is 7.03. The van der Waals surface area contributed by atoms with Gasteiger partial charge in [-0.05, 0) is 19.6 Å². The van der Waals surface area contributed by atoms with E-state index in [2.05, 4.69) is 35.6 Å². The van der Waals surface area contributed by atoms with Crippen LogP contribution in [0.3, 0.4) is 0 Å². The fourth-order valence-corrected chi connectivity index (χ4v) is 2.66. The highest BCUT2D eigenvalue weighted by Gasteiger charge is 2.23. The minimum atomic E-state index is 0.253. The first-order valence-electron chi connectivity index (χ1n) is 6.04. The Balaban J connectivity index is 2.12. The second-order valence-electron chi connectivity index (χ2n) is 4.31. The van der Waals surface area contributed by atoms with Gasteiger partial charge in [-0.15, -0.1) is 11.8 Å². The molecule has 1 fully saturated rings. The average Bonchev–Trinajstić information content (AvgIpc) is 2.28. The summed E-state index contributed by atoms with van der Waals surface area (Å²) in [5.41, 5.74) is 0. The minimum Gasteiger partial charge on any atom is -0.372 e. The average molecular weight is 253 g/mol. The standard InChI is InChI=1S/C12H19N3OS/c1-4-17-12-6-13-5-11(14-12)15-7-9(2)16-10(3)8-15/h5-6,9-10H,4,7-8H2,1-3H3/t9-,10+. The van der Waals surface area contributed by atoms with Crippen molar-refractivity contribution in [2.45, 2.75) is 38.0 Å². The van der Waals surface area contributed by atoms with Crippen molar-refractivity contribution in [3.05, 3.63) is 12.4 Å². The van der Waals surface area contributed by atoms with Crippen LogP contribution in [0, 0.1) is 0 Å². The molecular formula is C12H19N3OS. The Morgan fingerprint density at radius 1 is 1.35 bits per heavy atom. The third-order valence-electron chi connectivity index (χ3n) is 2.64. The highest BCUT2D eigenvalue weighted by molar-refractivity contribution is 7.99. The quantitative estimate of drug-likeness (QED) is 0.772. The molecule has 94 valence electrons. The van der Waals surface area contributed by atoms with E-state index in [-0.39, 0.29) is 12.2 Å². The van der Waals surface area contributed by atoms with Gasteiger partial charge in [-0.3, -0.25) is 4.98 Å². The first-order chi connectivity index (χ1) is 8.19. The molecular weight excluding hydrogens is 234 g/mol. The Hall–Kier alpha value is -0.810. The van der Waals surface area contributed by atoms with Gasteiger partial charge in [-0.1, -0.05) is 6.92 Å². The van der Waals surface area contributed by atoms with Crippen LogP contribution >= 0.6 is 11.8 Å². The third kappa shape index (κ3) is 3.33. The Labute approximate surface area is 107 Å². The molecule has 1 aromatic rings. The van der Waals surface area contributed by atoms with Crippen molar-refractivity contribution in [3.63, 3.8) is 0 Å². The summed E-state index contributed by atoms with van der Waals surface area (Å²) in [5.74, 6) is 1.99. The van der Waals surface area contributed by atoms with E-state index in [4.69, 9.17) is 4.74 Å². The lowest BCUT2D eigenvalue weighted by molar-refractivity contribution is -0.00550. The van der Waals surface area contributed by atoms with Gasteiger partial charge in [0, 0.05) is 13.1 Å². The maximum Gasteiger partial charge on any atom is 0.148 e. The summed E-state index contributed by atoms with van der Waals surface area (Å²) in [5, 5.41) is 0.997. The van der Waals surface area contributed by atoms with Gasteiger partial charge in [0.25, 0.3) is 0 Å². The summed E-state index contributed by atoms with van der Waals surface area (Å²) in [6, 6.07) is 0.